The van der Waals surface area contributed by atoms with Gasteiger partial charge in [0.25, 0.3) is 5.91 Å². The number of benzene rings is 1. The van der Waals surface area contributed by atoms with Crippen molar-refractivity contribution in [3.05, 3.63) is 63.4 Å². The van der Waals surface area contributed by atoms with Gasteiger partial charge in [0.05, 0.1) is 11.4 Å². The Labute approximate surface area is 207 Å². The van der Waals surface area contributed by atoms with Gasteiger partial charge >= 0.3 is 0 Å². The Kier molecular flexibility index (Phi) is 6.56. The second kappa shape index (κ2) is 9.58. The molecule has 1 saturated heterocycles. The van der Waals surface area contributed by atoms with E-state index in [1.165, 1.54) is 0 Å². The number of carbonyl (C=O) groups is 1. The largest absolute Gasteiger partial charge is 0.348 e. The van der Waals surface area contributed by atoms with Crippen LogP contribution in [-0.2, 0) is 6.54 Å². The molecule has 1 aliphatic rings. The number of thiophene rings is 2. The van der Waals surface area contributed by atoms with Gasteiger partial charge in [0.1, 0.15) is 11.4 Å². The molecule has 1 amide bonds. The van der Waals surface area contributed by atoms with Gasteiger partial charge in [-0.3, -0.25) is 9.48 Å². The molecule has 33 heavy (non-hydrogen) atoms. The first-order valence-electron chi connectivity index (χ1n) is 11.3. The average Bonchev–Trinajstić information content (AvgIpc) is 3.53. The summed E-state index contributed by atoms with van der Waals surface area (Å²) in [6.07, 6.45) is 1.96. The summed E-state index contributed by atoms with van der Waals surface area (Å²) >= 11 is 9.50. The minimum Gasteiger partial charge on any atom is -0.348 e. The fraction of sp³-hybridized carbons (Fsp3) is 0.360. The summed E-state index contributed by atoms with van der Waals surface area (Å²) in [6, 6.07) is 14.8. The van der Waals surface area contributed by atoms with Crippen molar-refractivity contribution in [2.24, 2.45) is 0 Å². The standard InChI is InChI=1S/C25H27ClN4OS2/c1-16(2)29-9-7-19(8-10-29)27-25(31)22-14-21(23-4-3-11-32-23)28-30(22)15-20-12-17-5-6-18(26)13-24(17)33-20/h3-6,11-14,16,19H,7-10,15H2,1-2H3,(H,27,31). The third-order valence-electron chi connectivity index (χ3n) is 6.22. The minimum absolute atomic E-state index is 0.0440. The maximum Gasteiger partial charge on any atom is 0.269 e. The van der Waals surface area contributed by atoms with Gasteiger partial charge in [-0.25, -0.2) is 0 Å². The maximum atomic E-state index is 13.3. The van der Waals surface area contributed by atoms with Crippen molar-refractivity contribution < 1.29 is 4.79 Å². The number of halogens is 1. The number of hydrogen-bond acceptors (Lipinski definition) is 5. The second-order valence-corrected chi connectivity index (χ2v) is 11.4. The van der Waals surface area contributed by atoms with Crippen LogP contribution >= 0.6 is 34.3 Å². The third-order valence-corrected chi connectivity index (χ3v) is 8.43. The van der Waals surface area contributed by atoms with E-state index in [-0.39, 0.29) is 11.9 Å². The van der Waals surface area contributed by atoms with Crippen LogP contribution in [0.3, 0.4) is 0 Å². The Morgan fingerprint density at radius 2 is 2.03 bits per heavy atom. The predicted molar refractivity (Wildman–Crippen MR) is 139 cm³/mol. The lowest BCUT2D eigenvalue weighted by molar-refractivity contribution is 0.0890. The fourth-order valence-electron chi connectivity index (χ4n) is 4.37. The number of rotatable bonds is 6. The molecule has 1 N–H and O–H groups in total. The first kappa shape index (κ1) is 22.6. The normalized spacial score (nSPS) is 15.5. The van der Waals surface area contributed by atoms with Gasteiger partial charge in [-0.1, -0.05) is 23.7 Å². The van der Waals surface area contributed by atoms with Crippen LogP contribution in [0.25, 0.3) is 20.7 Å². The molecule has 0 aliphatic carbocycles. The molecule has 0 spiro atoms. The molecule has 172 valence electrons. The second-order valence-electron chi connectivity index (χ2n) is 8.82. The molecule has 0 radical (unpaired) electrons. The van der Waals surface area contributed by atoms with Crippen LogP contribution in [0.2, 0.25) is 5.02 Å². The predicted octanol–water partition coefficient (Wildman–Crippen LogP) is 6.13. The van der Waals surface area contributed by atoms with Gasteiger partial charge in [0.2, 0.25) is 0 Å². The highest BCUT2D eigenvalue weighted by Crippen LogP contribution is 2.30. The minimum atomic E-state index is -0.0440. The molecule has 1 aliphatic heterocycles. The molecule has 0 bridgehead atoms. The quantitative estimate of drug-likeness (QED) is 0.348. The molecular weight excluding hydrogens is 472 g/mol. The summed E-state index contributed by atoms with van der Waals surface area (Å²) in [5.41, 5.74) is 1.45. The van der Waals surface area contributed by atoms with Crippen molar-refractivity contribution in [1.29, 1.82) is 0 Å². The molecule has 1 aromatic carbocycles. The number of aromatic nitrogens is 2. The highest BCUT2D eigenvalue weighted by atomic mass is 35.5. The van der Waals surface area contributed by atoms with E-state index in [9.17, 15) is 4.79 Å². The van der Waals surface area contributed by atoms with Crippen molar-refractivity contribution in [3.8, 4) is 10.6 Å². The van der Waals surface area contributed by atoms with Gasteiger partial charge in [-0.2, -0.15) is 5.10 Å². The number of hydrogen-bond donors (Lipinski definition) is 1. The number of fused-ring (bicyclic) bond motifs is 1. The lowest BCUT2D eigenvalue weighted by atomic mass is 10.0. The Bertz CT molecular complexity index is 1250. The summed E-state index contributed by atoms with van der Waals surface area (Å²) in [4.78, 5) is 18.0. The molecular formula is C25H27ClN4OS2. The van der Waals surface area contributed by atoms with Gasteiger partial charge in [0, 0.05) is 39.8 Å². The number of amides is 1. The van der Waals surface area contributed by atoms with Gasteiger partial charge in [-0.05, 0) is 67.8 Å². The van der Waals surface area contributed by atoms with E-state index in [2.05, 4.69) is 30.1 Å². The van der Waals surface area contributed by atoms with Gasteiger partial charge in [0.15, 0.2) is 0 Å². The van der Waals surface area contributed by atoms with Crippen LogP contribution in [0.4, 0.5) is 0 Å². The molecule has 5 nitrogen and oxygen atoms in total. The molecule has 4 heterocycles. The highest BCUT2D eigenvalue weighted by molar-refractivity contribution is 7.19. The number of piperidine rings is 1. The van der Waals surface area contributed by atoms with E-state index in [1.807, 2.05) is 46.5 Å². The fourth-order valence-corrected chi connectivity index (χ4v) is 6.37. The molecule has 0 saturated carbocycles. The Balaban J connectivity index is 1.39. The Hall–Kier alpha value is -2.19. The molecule has 1 fully saturated rings. The highest BCUT2D eigenvalue weighted by Gasteiger charge is 2.25. The topological polar surface area (TPSA) is 50.2 Å². The summed E-state index contributed by atoms with van der Waals surface area (Å²) in [7, 11) is 0. The smallest absolute Gasteiger partial charge is 0.269 e. The zero-order valence-corrected chi connectivity index (χ0v) is 21.1. The lowest BCUT2D eigenvalue weighted by Gasteiger charge is -2.34. The number of nitrogens with one attached hydrogen (secondary N) is 1. The van der Waals surface area contributed by atoms with Crippen LogP contribution in [0, 0.1) is 0 Å². The van der Waals surface area contributed by atoms with E-state index in [0.29, 0.717) is 18.3 Å². The third kappa shape index (κ3) is 5.01. The van der Waals surface area contributed by atoms with E-state index < -0.39 is 0 Å². The zero-order chi connectivity index (χ0) is 22.9. The summed E-state index contributed by atoms with van der Waals surface area (Å²) in [5.74, 6) is -0.0440. The van der Waals surface area contributed by atoms with E-state index in [1.54, 1.807) is 22.7 Å². The molecule has 0 atom stereocenters. The first-order valence-corrected chi connectivity index (χ1v) is 13.4. The Morgan fingerprint density at radius 1 is 1.21 bits per heavy atom. The van der Waals surface area contributed by atoms with Crippen molar-refractivity contribution in [2.75, 3.05) is 13.1 Å². The zero-order valence-electron chi connectivity index (χ0n) is 18.8. The van der Waals surface area contributed by atoms with Crippen LogP contribution in [0.1, 0.15) is 42.1 Å². The lowest BCUT2D eigenvalue weighted by Crippen LogP contribution is -2.46. The SMILES string of the molecule is CC(C)N1CCC(NC(=O)c2cc(-c3cccs3)nn2Cc2cc3ccc(Cl)cc3s2)CC1. The monoisotopic (exact) mass is 498 g/mol. The van der Waals surface area contributed by atoms with Crippen LogP contribution < -0.4 is 5.32 Å². The van der Waals surface area contributed by atoms with Gasteiger partial charge < -0.3 is 10.2 Å². The van der Waals surface area contributed by atoms with E-state index in [4.69, 9.17) is 16.7 Å². The first-order chi connectivity index (χ1) is 16.0. The maximum absolute atomic E-state index is 13.3. The van der Waals surface area contributed by atoms with Crippen molar-refractivity contribution in [1.82, 2.24) is 20.0 Å². The van der Waals surface area contributed by atoms with E-state index in [0.717, 1.165) is 56.5 Å². The van der Waals surface area contributed by atoms with Crippen molar-refractivity contribution >= 4 is 50.3 Å². The van der Waals surface area contributed by atoms with Crippen molar-refractivity contribution in [3.63, 3.8) is 0 Å². The molecule has 4 aromatic rings. The summed E-state index contributed by atoms with van der Waals surface area (Å²) in [5, 5.41) is 12.0. The molecule has 3 aromatic heterocycles. The number of likely N-dealkylation sites (tertiary alicyclic amines) is 1. The number of nitrogens with zero attached hydrogens (tertiary/aromatic N) is 3. The van der Waals surface area contributed by atoms with Crippen LogP contribution in [-0.4, -0.2) is 45.8 Å². The summed E-state index contributed by atoms with van der Waals surface area (Å²) < 4.78 is 2.99. The van der Waals surface area contributed by atoms with Crippen LogP contribution in [0.15, 0.2) is 47.8 Å². The average molecular weight is 499 g/mol. The summed E-state index contributed by atoms with van der Waals surface area (Å²) in [6.45, 7) is 7.05. The molecule has 5 rings (SSSR count). The Morgan fingerprint density at radius 3 is 2.76 bits per heavy atom. The van der Waals surface area contributed by atoms with Crippen molar-refractivity contribution in [2.45, 2.75) is 45.3 Å². The van der Waals surface area contributed by atoms with E-state index >= 15 is 0 Å². The number of carbonyl (C=O) groups excluding carboxylic acids is 1. The van der Waals surface area contributed by atoms with Crippen LogP contribution in [0.5, 0.6) is 0 Å². The molecule has 0 unspecified atom stereocenters. The molecule has 8 heteroatoms. The van der Waals surface area contributed by atoms with Gasteiger partial charge in [-0.15, -0.1) is 22.7 Å².